The van der Waals surface area contributed by atoms with Crippen LogP contribution in [0, 0.1) is 0 Å². The number of carbonyl (C=O) groups is 2. The molecule has 0 fully saturated rings. The number of rotatable bonds is 7. The first-order valence-corrected chi connectivity index (χ1v) is 6.77. The molecule has 2 unspecified atom stereocenters. The van der Waals surface area contributed by atoms with Crippen LogP contribution >= 0.6 is 0 Å². The van der Waals surface area contributed by atoms with Crippen molar-refractivity contribution in [3.8, 4) is 0 Å². The van der Waals surface area contributed by atoms with Crippen LogP contribution in [0.15, 0.2) is 24.3 Å². The summed E-state index contributed by atoms with van der Waals surface area (Å²) < 4.78 is 37.8. The Bertz CT molecular complexity index is 538. The maximum Gasteiger partial charge on any atom is 0.416 e. The molecule has 128 valence electrons. The Morgan fingerprint density at radius 3 is 1.61 bits per heavy atom. The Morgan fingerprint density at radius 1 is 0.913 bits per heavy atom. The molecule has 0 aliphatic carbocycles. The van der Waals surface area contributed by atoms with E-state index >= 15 is 0 Å². The number of hydrogen-bond donors (Lipinski definition) is 4. The van der Waals surface area contributed by atoms with Gasteiger partial charge in [-0.25, -0.2) is 0 Å². The van der Waals surface area contributed by atoms with Gasteiger partial charge in [0, 0.05) is 30.8 Å². The van der Waals surface area contributed by atoms with Gasteiger partial charge in [-0.2, -0.15) is 13.2 Å². The van der Waals surface area contributed by atoms with Gasteiger partial charge in [0.25, 0.3) is 0 Å². The van der Waals surface area contributed by atoms with E-state index in [0.717, 1.165) is 12.1 Å². The van der Waals surface area contributed by atoms with Crippen LogP contribution in [0.1, 0.15) is 29.9 Å². The third-order valence-corrected chi connectivity index (χ3v) is 3.42. The highest BCUT2D eigenvalue weighted by atomic mass is 19.4. The fourth-order valence-electron chi connectivity index (χ4n) is 2.42. The monoisotopic (exact) mass is 332 g/mol. The van der Waals surface area contributed by atoms with E-state index in [-0.39, 0.29) is 12.8 Å². The summed E-state index contributed by atoms with van der Waals surface area (Å²) in [7, 11) is 0. The minimum absolute atomic E-state index is 0.224. The predicted molar refractivity (Wildman–Crippen MR) is 77.8 cm³/mol. The maximum absolute atomic E-state index is 12.6. The largest absolute Gasteiger partial charge is 0.416 e. The highest BCUT2D eigenvalue weighted by Crippen LogP contribution is 2.32. The first-order valence-electron chi connectivity index (χ1n) is 6.77. The zero-order valence-electron chi connectivity index (χ0n) is 12.2. The summed E-state index contributed by atoms with van der Waals surface area (Å²) in [4.78, 5) is 22.1. The van der Waals surface area contributed by atoms with E-state index in [1.807, 2.05) is 0 Å². The Balaban J connectivity index is 3.12. The average Bonchev–Trinajstić information content (AvgIpc) is 2.36. The molecule has 9 heteroatoms. The summed E-state index contributed by atoms with van der Waals surface area (Å²) in [5.41, 5.74) is 21.5. The van der Waals surface area contributed by atoms with Crippen molar-refractivity contribution in [1.82, 2.24) is 0 Å². The smallest absolute Gasteiger partial charge is 0.370 e. The molecule has 2 amide bonds. The SMILES string of the molecule is NC(=O)CC(N)C(c1ccc(C(F)(F)F)cc1)C(N)CC(N)=O. The van der Waals surface area contributed by atoms with Crippen LogP contribution in [0.4, 0.5) is 13.2 Å². The zero-order chi connectivity index (χ0) is 17.8. The number of amides is 2. The molecular weight excluding hydrogens is 313 g/mol. The van der Waals surface area contributed by atoms with E-state index in [1.165, 1.54) is 12.1 Å². The Morgan fingerprint density at radius 2 is 1.30 bits per heavy atom. The third kappa shape index (κ3) is 5.53. The average molecular weight is 332 g/mol. The van der Waals surface area contributed by atoms with Crippen molar-refractivity contribution < 1.29 is 22.8 Å². The summed E-state index contributed by atoms with van der Waals surface area (Å²) in [6.07, 6.45) is -4.92. The molecule has 0 heterocycles. The van der Waals surface area contributed by atoms with E-state index in [0.29, 0.717) is 5.56 Å². The number of carbonyl (C=O) groups excluding carboxylic acids is 2. The summed E-state index contributed by atoms with van der Waals surface area (Å²) in [6, 6.07) is 2.51. The Kier molecular flexibility index (Phi) is 6.11. The van der Waals surface area contributed by atoms with Crippen LogP contribution < -0.4 is 22.9 Å². The van der Waals surface area contributed by atoms with Gasteiger partial charge in [0.1, 0.15) is 0 Å². The molecule has 1 aromatic carbocycles. The number of alkyl halides is 3. The minimum Gasteiger partial charge on any atom is -0.370 e. The molecule has 0 saturated carbocycles. The second-order valence-corrected chi connectivity index (χ2v) is 5.31. The van der Waals surface area contributed by atoms with Crippen molar-refractivity contribution in [2.75, 3.05) is 0 Å². The van der Waals surface area contributed by atoms with Crippen molar-refractivity contribution in [3.05, 3.63) is 35.4 Å². The van der Waals surface area contributed by atoms with Crippen LogP contribution in [-0.2, 0) is 15.8 Å². The Labute approximate surface area is 131 Å². The lowest BCUT2D eigenvalue weighted by molar-refractivity contribution is -0.137. The van der Waals surface area contributed by atoms with Crippen LogP contribution in [0.2, 0.25) is 0 Å². The van der Waals surface area contributed by atoms with Crippen LogP contribution in [0.3, 0.4) is 0 Å². The molecule has 0 bridgehead atoms. The summed E-state index contributed by atoms with van der Waals surface area (Å²) in [5, 5.41) is 0. The zero-order valence-corrected chi connectivity index (χ0v) is 12.2. The molecule has 1 aromatic rings. The summed E-state index contributed by atoms with van der Waals surface area (Å²) in [5.74, 6) is -2.10. The molecule has 23 heavy (non-hydrogen) atoms. The molecule has 1 rings (SSSR count). The molecule has 0 saturated heterocycles. The van der Waals surface area contributed by atoms with Gasteiger partial charge < -0.3 is 22.9 Å². The van der Waals surface area contributed by atoms with Gasteiger partial charge in [-0.3, -0.25) is 9.59 Å². The van der Waals surface area contributed by atoms with Gasteiger partial charge in [-0.1, -0.05) is 12.1 Å². The normalized spacial score (nSPS) is 15.7. The van der Waals surface area contributed by atoms with Gasteiger partial charge in [-0.15, -0.1) is 0 Å². The van der Waals surface area contributed by atoms with Crippen LogP contribution in [0.25, 0.3) is 0 Å². The lowest BCUT2D eigenvalue weighted by Gasteiger charge is -2.29. The molecule has 0 radical (unpaired) electrons. The van der Waals surface area contributed by atoms with E-state index in [9.17, 15) is 22.8 Å². The van der Waals surface area contributed by atoms with E-state index in [2.05, 4.69) is 0 Å². The van der Waals surface area contributed by atoms with Crippen molar-refractivity contribution in [3.63, 3.8) is 0 Å². The molecule has 2 atom stereocenters. The van der Waals surface area contributed by atoms with E-state index in [1.54, 1.807) is 0 Å². The highest BCUT2D eigenvalue weighted by Gasteiger charge is 2.32. The molecule has 8 N–H and O–H groups in total. The minimum atomic E-state index is -4.47. The molecular formula is C14H19F3N4O2. The van der Waals surface area contributed by atoms with Gasteiger partial charge >= 0.3 is 6.18 Å². The quantitative estimate of drug-likeness (QED) is 0.566. The maximum atomic E-state index is 12.6. The number of halogens is 3. The predicted octanol–water partition coefficient (Wildman–Crippen LogP) is 0.194. The summed E-state index contributed by atoms with van der Waals surface area (Å²) >= 11 is 0. The van der Waals surface area contributed by atoms with Gasteiger partial charge in [-0.05, 0) is 17.7 Å². The van der Waals surface area contributed by atoms with Gasteiger partial charge in [0.2, 0.25) is 11.8 Å². The highest BCUT2D eigenvalue weighted by molar-refractivity contribution is 5.75. The van der Waals surface area contributed by atoms with Crippen molar-refractivity contribution >= 4 is 11.8 Å². The van der Waals surface area contributed by atoms with E-state index in [4.69, 9.17) is 22.9 Å². The van der Waals surface area contributed by atoms with Gasteiger partial charge in [0.15, 0.2) is 0 Å². The second kappa shape index (κ2) is 7.42. The number of hydrogen-bond acceptors (Lipinski definition) is 4. The number of primary amides is 2. The fourth-order valence-corrected chi connectivity index (χ4v) is 2.42. The van der Waals surface area contributed by atoms with Gasteiger partial charge in [0.05, 0.1) is 5.56 Å². The standard InChI is InChI=1S/C14H19F3N4O2/c15-14(16,17)8-3-1-7(2-4-8)13(9(18)5-11(20)22)10(19)6-12(21)23/h1-4,9-10,13H,5-6,18-19H2,(H2,20,22)(H2,21,23). The van der Waals surface area contributed by atoms with Crippen molar-refractivity contribution in [1.29, 1.82) is 0 Å². The Hall–Kier alpha value is -2.13. The number of nitrogens with two attached hydrogens (primary N) is 4. The van der Waals surface area contributed by atoms with Crippen LogP contribution in [0.5, 0.6) is 0 Å². The van der Waals surface area contributed by atoms with Crippen molar-refractivity contribution in [2.45, 2.75) is 37.0 Å². The first kappa shape index (κ1) is 18.9. The number of benzene rings is 1. The molecule has 0 aliphatic rings. The second-order valence-electron chi connectivity index (χ2n) is 5.31. The topological polar surface area (TPSA) is 138 Å². The lowest BCUT2D eigenvalue weighted by Crippen LogP contribution is -2.44. The molecule has 6 nitrogen and oxygen atoms in total. The lowest BCUT2D eigenvalue weighted by atomic mass is 9.82. The van der Waals surface area contributed by atoms with Crippen LogP contribution in [-0.4, -0.2) is 23.9 Å². The third-order valence-electron chi connectivity index (χ3n) is 3.42. The first-order chi connectivity index (χ1) is 10.5. The summed E-state index contributed by atoms with van der Waals surface area (Å²) in [6.45, 7) is 0. The fraction of sp³-hybridized carbons (Fsp3) is 0.429. The molecule has 0 aromatic heterocycles. The molecule has 0 aliphatic heterocycles. The molecule has 0 spiro atoms. The van der Waals surface area contributed by atoms with E-state index < -0.39 is 41.6 Å². The van der Waals surface area contributed by atoms with Crippen molar-refractivity contribution in [2.24, 2.45) is 22.9 Å².